The number of carbonyl (C=O) groups excluding carboxylic acids is 1. The summed E-state index contributed by atoms with van der Waals surface area (Å²) in [6.07, 6.45) is 5.01. The maximum Gasteiger partial charge on any atom is 0.244 e. The molecule has 0 N–H and O–H groups in total. The highest BCUT2D eigenvalue weighted by Gasteiger charge is 2.27. The smallest absolute Gasteiger partial charge is 0.244 e. The van der Waals surface area contributed by atoms with Crippen molar-refractivity contribution in [1.82, 2.24) is 29.7 Å². The quantitative estimate of drug-likeness (QED) is 0.405. The first-order valence-corrected chi connectivity index (χ1v) is 12.1. The van der Waals surface area contributed by atoms with Gasteiger partial charge in [-0.25, -0.2) is 4.68 Å². The van der Waals surface area contributed by atoms with Crippen molar-refractivity contribution >= 4 is 5.91 Å². The number of piperazine rings is 1. The van der Waals surface area contributed by atoms with E-state index in [9.17, 15) is 4.79 Å². The van der Waals surface area contributed by atoms with Crippen molar-refractivity contribution in [1.29, 1.82) is 0 Å². The van der Waals surface area contributed by atoms with Gasteiger partial charge in [0.15, 0.2) is 0 Å². The van der Waals surface area contributed by atoms with Crippen molar-refractivity contribution in [2.75, 3.05) is 26.2 Å². The number of benzene rings is 2. The van der Waals surface area contributed by atoms with Crippen LogP contribution in [0, 0.1) is 6.92 Å². The van der Waals surface area contributed by atoms with Gasteiger partial charge in [-0.2, -0.15) is 10.1 Å². The molecule has 0 spiro atoms. The second-order valence-electron chi connectivity index (χ2n) is 9.04. The van der Waals surface area contributed by atoms with Gasteiger partial charge in [0.2, 0.25) is 17.6 Å². The molecule has 1 atom stereocenters. The lowest BCUT2D eigenvalue weighted by molar-refractivity contribution is -0.133. The van der Waals surface area contributed by atoms with Crippen LogP contribution in [0.1, 0.15) is 36.4 Å². The Hall–Kier alpha value is -3.78. The molecule has 1 aliphatic heterocycles. The van der Waals surface area contributed by atoms with Crippen LogP contribution >= 0.6 is 0 Å². The third-order valence-electron chi connectivity index (χ3n) is 6.61. The van der Waals surface area contributed by atoms with Gasteiger partial charge in [0.1, 0.15) is 0 Å². The van der Waals surface area contributed by atoms with Crippen LogP contribution in [0.25, 0.3) is 17.1 Å². The molecule has 1 amide bonds. The molecule has 8 heteroatoms. The van der Waals surface area contributed by atoms with E-state index in [4.69, 9.17) is 4.52 Å². The van der Waals surface area contributed by atoms with Gasteiger partial charge < -0.3 is 9.42 Å². The maximum absolute atomic E-state index is 12.8. The van der Waals surface area contributed by atoms with Crippen molar-refractivity contribution < 1.29 is 9.32 Å². The molecule has 35 heavy (non-hydrogen) atoms. The molecule has 8 nitrogen and oxygen atoms in total. The number of aromatic nitrogens is 4. The van der Waals surface area contributed by atoms with Crippen LogP contribution in [0.4, 0.5) is 0 Å². The Morgan fingerprint density at radius 2 is 1.77 bits per heavy atom. The summed E-state index contributed by atoms with van der Waals surface area (Å²) in [5.74, 6) is 1.40. The minimum atomic E-state index is 0.00257. The first-order valence-electron chi connectivity index (χ1n) is 12.1. The van der Waals surface area contributed by atoms with Gasteiger partial charge in [0.05, 0.1) is 17.9 Å². The molecular formula is C27H30N6O2. The lowest BCUT2D eigenvalue weighted by Gasteiger charge is -2.36. The first kappa shape index (κ1) is 23.0. The van der Waals surface area contributed by atoms with E-state index in [2.05, 4.69) is 34.0 Å². The lowest BCUT2D eigenvalue weighted by atomic mass is 10.1. The minimum Gasteiger partial charge on any atom is -0.340 e. The normalized spacial score (nSPS) is 15.3. The number of hydrogen-bond donors (Lipinski definition) is 0. The van der Waals surface area contributed by atoms with Crippen LogP contribution in [0.5, 0.6) is 0 Å². The molecule has 1 unspecified atom stereocenters. The summed E-state index contributed by atoms with van der Waals surface area (Å²) in [6, 6.07) is 18.1. The fourth-order valence-electron chi connectivity index (χ4n) is 4.36. The van der Waals surface area contributed by atoms with Gasteiger partial charge in [0.25, 0.3) is 0 Å². The average Bonchev–Trinajstić information content (AvgIpc) is 3.58. The minimum absolute atomic E-state index is 0.00257. The highest BCUT2D eigenvalue weighted by Crippen LogP contribution is 2.24. The van der Waals surface area contributed by atoms with E-state index in [1.54, 1.807) is 0 Å². The molecule has 0 aliphatic carbocycles. The molecular weight excluding hydrogens is 440 g/mol. The summed E-state index contributed by atoms with van der Waals surface area (Å²) in [5.41, 5.74) is 4.22. The third kappa shape index (κ3) is 5.33. The number of nitrogens with zero attached hydrogens (tertiary/aromatic N) is 6. The second kappa shape index (κ2) is 10.2. The zero-order valence-electron chi connectivity index (χ0n) is 20.2. The van der Waals surface area contributed by atoms with Crippen LogP contribution in [-0.2, 0) is 11.2 Å². The van der Waals surface area contributed by atoms with Crippen molar-refractivity contribution in [2.24, 2.45) is 0 Å². The second-order valence-corrected chi connectivity index (χ2v) is 9.04. The van der Waals surface area contributed by atoms with E-state index < -0.39 is 0 Å². The lowest BCUT2D eigenvalue weighted by Crippen LogP contribution is -2.49. The van der Waals surface area contributed by atoms with E-state index in [0.29, 0.717) is 37.6 Å². The Bertz CT molecular complexity index is 1260. The van der Waals surface area contributed by atoms with E-state index in [-0.39, 0.29) is 11.9 Å². The van der Waals surface area contributed by atoms with Gasteiger partial charge in [-0.3, -0.25) is 9.69 Å². The van der Waals surface area contributed by atoms with Crippen molar-refractivity contribution in [3.8, 4) is 17.1 Å². The first-order chi connectivity index (χ1) is 17.1. The topological polar surface area (TPSA) is 80.3 Å². The van der Waals surface area contributed by atoms with Crippen LogP contribution in [-0.4, -0.2) is 61.8 Å². The van der Waals surface area contributed by atoms with Gasteiger partial charge in [-0.15, -0.1) is 0 Å². The zero-order chi connectivity index (χ0) is 24.2. The summed E-state index contributed by atoms with van der Waals surface area (Å²) < 4.78 is 7.42. The standard InChI is InChI=1S/C27H30N6O2/c1-20-8-11-23(12-9-20)26-29-27(35-30-26)21(2)31-14-16-32(17-15-31)25(34)13-10-22-18-28-33(19-22)24-6-4-3-5-7-24/h3-9,11-12,18-19,21H,10,13-17H2,1-2H3. The number of aryl methyl sites for hydroxylation is 2. The van der Waals surface area contributed by atoms with Crippen LogP contribution in [0.15, 0.2) is 71.5 Å². The Kier molecular flexibility index (Phi) is 6.72. The van der Waals surface area contributed by atoms with E-state index in [1.807, 2.05) is 76.6 Å². The van der Waals surface area contributed by atoms with E-state index in [1.165, 1.54) is 5.56 Å². The predicted octanol–water partition coefficient (Wildman–Crippen LogP) is 4.07. The molecule has 5 rings (SSSR count). The van der Waals surface area contributed by atoms with Gasteiger partial charge >= 0.3 is 0 Å². The summed E-state index contributed by atoms with van der Waals surface area (Å²) in [7, 11) is 0. The van der Waals surface area contributed by atoms with Crippen molar-refractivity contribution in [2.45, 2.75) is 32.7 Å². The Morgan fingerprint density at radius 1 is 1.03 bits per heavy atom. The molecule has 2 aromatic heterocycles. The number of amides is 1. The summed E-state index contributed by atoms with van der Waals surface area (Å²) in [4.78, 5) is 21.7. The monoisotopic (exact) mass is 470 g/mol. The Balaban J connectivity index is 1.11. The van der Waals surface area contributed by atoms with Crippen molar-refractivity contribution in [3.05, 3.63) is 84.0 Å². The zero-order valence-corrected chi connectivity index (χ0v) is 20.2. The molecule has 1 saturated heterocycles. The summed E-state index contributed by atoms with van der Waals surface area (Å²) in [5, 5.41) is 8.59. The maximum atomic E-state index is 12.8. The molecule has 2 aromatic carbocycles. The SMILES string of the molecule is Cc1ccc(-c2noc(C(C)N3CCN(C(=O)CCc4cnn(-c5ccccc5)c4)CC3)n2)cc1. The third-order valence-corrected chi connectivity index (χ3v) is 6.61. The Labute approximate surface area is 205 Å². The molecule has 3 heterocycles. The predicted molar refractivity (Wildman–Crippen MR) is 133 cm³/mol. The molecule has 0 saturated carbocycles. The molecule has 1 aliphatic rings. The molecule has 4 aromatic rings. The fraction of sp³-hybridized carbons (Fsp3) is 0.333. The number of carbonyl (C=O) groups is 1. The number of rotatable bonds is 7. The Morgan fingerprint density at radius 3 is 2.51 bits per heavy atom. The van der Waals surface area contributed by atoms with Crippen LogP contribution < -0.4 is 0 Å². The van der Waals surface area contributed by atoms with Gasteiger partial charge in [-0.05, 0) is 38.0 Å². The summed E-state index contributed by atoms with van der Waals surface area (Å²) >= 11 is 0. The van der Waals surface area contributed by atoms with Crippen molar-refractivity contribution in [3.63, 3.8) is 0 Å². The van der Waals surface area contributed by atoms with Gasteiger partial charge in [0, 0.05) is 44.4 Å². The fourth-order valence-corrected chi connectivity index (χ4v) is 4.36. The molecule has 180 valence electrons. The summed E-state index contributed by atoms with van der Waals surface area (Å²) in [6.45, 7) is 7.09. The van der Waals surface area contributed by atoms with Gasteiger partial charge in [-0.1, -0.05) is 53.2 Å². The number of para-hydroxylation sites is 1. The molecule has 0 bridgehead atoms. The highest BCUT2D eigenvalue weighted by atomic mass is 16.5. The number of hydrogen-bond acceptors (Lipinski definition) is 6. The molecule has 1 fully saturated rings. The van der Waals surface area contributed by atoms with E-state index >= 15 is 0 Å². The highest BCUT2D eigenvalue weighted by molar-refractivity contribution is 5.76. The van der Waals surface area contributed by atoms with E-state index in [0.717, 1.165) is 29.9 Å². The van der Waals surface area contributed by atoms with Crippen LogP contribution in [0.2, 0.25) is 0 Å². The van der Waals surface area contributed by atoms with Crippen LogP contribution in [0.3, 0.4) is 0 Å². The molecule has 0 radical (unpaired) electrons. The largest absolute Gasteiger partial charge is 0.340 e. The average molecular weight is 471 g/mol.